The Morgan fingerprint density at radius 2 is 2.38 bits per heavy atom. The molecule has 0 bridgehead atoms. The van der Waals surface area contributed by atoms with Crippen LogP contribution in [0.1, 0.15) is 5.56 Å². The van der Waals surface area contributed by atoms with Gasteiger partial charge in [0.25, 0.3) is 0 Å². The van der Waals surface area contributed by atoms with E-state index < -0.39 is 0 Å². The van der Waals surface area contributed by atoms with Crippen LogP contribution >= 0.6 is 0 Å². The van der Waals surface area contributed by atoms with Crippen molar-refractivity contribution in [1.82, 2.24) is 5.32 Å². The van der Waals surface area contributed by atoms with Crippen molar-refractivity contribution in [3.05, 3.63) is 23.8 Å². The number of fused-ring (bicyclic) bond motifs is 1. The Kier molecular flexibility index (Phi) is 3.07. The molecule has 0 saturated heterocycles. The number of quaternary nitrogens is 1. The zero-order valence-corrected chi connectivity index (χ0v) is 9.49. The summed E-state index contributed by atoms with van der Waals surface area (Å²) in [7, 11) is 3.28. The molecule has 5 heteroatoms. The quantitative estimate of drug-likeness (QED) is 0.552. The summed E-state index contributed by atoms with van der Waals surface area (Å²) in [6.07, 6.45) is 0.897. The van der Waals surface area contributed by atoms with E-state index in [9.17, 15) is 4.79 Å². The lowest BCUT2D eigenvalue weighted by molar-refractivity contribution is -0.830. The Balaban J connectivity index is 2.25. The van der Waals surface area contributed by atoms with Crippen LogP contribution in [-0.4, -0.2) is 26.7 Å². The zero-order chi connectivity index (χ0) is 11.5. The summed E-state index contributed by atoms with van der Waals surface area (Å²) in [6, 6.07) is 5.91. The van der Waals surface area contributed by atoms with Gasteiger partial charge in [0.1, 0.15) is 0 Å². The lowest BCUT2D eigenvalue weighted by atomic mass is 10.1. The Bertz CT molecular complexity index is 406. The van der Waals surface area contributed by atoms with Crippen LogP contribution in [0.25, 0.3) is 0 Å². The first kappa shape index (κ1) is 10.9. The molecule has 0 atom stereocenters. The number of amides is 2. The maximum Gasteiger partial charge on any atom is 0.321 e. The number of nitrogens with zero attached hydrogens (tertiary/aromatic N) is 1. The van der Waals surface area contributed by atoms with E-state index in [-0.39, 0.29) is 6.03 Å². The number of nitrogens with two attached hydrogens (primary N) is 1. The van der Waals surface area contributed by atoms with Crippen molar-refractivity contribution in [2.75, 3.05) is 25.6 Å². The Hall–Kier alpha value is -1.59. The standard InChI is InChI=1S/C11H15N3O2/c1-12-11(15)14-6-5-8-7-9(13-16-2)3-4-10(8)14/h3-4,7,13H,5-6H2,1-2H3,(H,12,15)/p+1. The summed E-state index contributed by atoms with van der Waals surface area (Å²) in [5.74, 6) is 0. The van der Waals surface area contributed by atoms with E-state index in [2.05, 4.69) is 11.4 Å². The third-order valence-corrected chi connectivity index (χ3v) is 2.71. The second kappa shape index (κ2) is 4.51. The molecule has 2 amide bonds. The van der Waals surface area contributed by atoms with Crippen LogP contribution in [-0.2, 0) is 11.3 Å². The minimum Gasteiger partial charge on any atom is -0.341 e. The van der Waals surface area contributed by atoms with E-state index >= 15 is 0 Å². The number of anilines is 1. The molecule has 3 N–H and O–H groups in total. The average Bonchev–Trinajstić information content (AvgIpc) is 2.71. The minimum atomic E-state index is -0.0535. The van der Waals surface area contributed by atoms with Crippen LogP contribution in [0.5, 0.6) is 0 Å². The summed E-state index contributed by atoms with van der Waals surface area (Å²) in [4.78, 5) is 18.3. The SMILES string of the molecule is CNC(=O)N1CCc2cc([NH2+]OC)ccc21. The largest absolute Gasteiger partial charge is 0.341 e. The van der Waals surface area contributed by atoms with Gasteiger partial charge in [0, 0.05) is 31.4 Å². The Morgan fingerprint density at radius 3 is 3.06 bits per heavy atom. The first-order chi connectivity index (χ1) is 7.76. The molecule has 86 valence electrons. The van der Waals surface area contributed by atoms with Crippen LogP contribution < -0.4 is 15.7 Å². The fourth-order valence-electron chi connectivity index (χ4n) is 1.98. The number of rotatable bonds is 2. The monoisotopic (exact) mass is 222 g/mol. The van der Waals surface area contributed by atoms with Gasteiger partial charge in [-0.2, -0.15) is 5.48 Å². The molecule has 0 aliphatic carbocycles. The highest BCUT2D eigenvalue weighted by molar-refractivity contribution is 5.94. The van der Waals surface area contributed by atoms with E-state index in [1.165, 1.54) is 5.56 Å². The predicted molar refractivity (Wildman–Crippen MR) is 60.5 cm³/mol. The molecule has 1 aliphatic rings. The maximum absolute atomic E-state index is 11.6. The number of hydrogen-bond donors (Lipinski definition) is 2. The number of carbonyl (C=O) groups is 1. The van der Waals surface area contributed by atoms with Gasteiger partial charge in [-0.3, -0.25) is 4.90 Å². The highest BCUT2D eigenvalue weighted by atomic mass is 16.6. The van der Waals surface area contributed by atoms with Gasteiger partial charge in [-0.15, -0.1) is 0 Å². The van der Waals surface area contributed by atoms with Crippen molar-refractivity contribution >= 4 is 17.4 Å². The average molecular weight is 222 g/mol. The molecule has 1 aliphatic heterocycles. The maximum atomic E-state index is 11.6. The van der Waals surface area contributed by atoms with Crippen LogP contribution in [0.4, 0.5) is 16.2 Å². The van der Waals surface area contributed by atoms with Gasteiger partial charge in [0.15, 0.2) is 5.69 Å². The van der Waals surface area contributed by atoms with Crippen molar-refractivity contribution in [2.24, 2.45) is 0 Å². The number of nitrogens with one attached hydrogen (secondary N) is 1. The first-order valence-electron chi connectivity index (χ1n) is 5.24. The molecular weight excluding hydrogens is 206 g/mol. The summed E-state index contributed by atoms with van der Waals surface area (Å²) < 4.78 is 0. The Labute approximate surface area is 94.3 Å². The van der Waals surface area contributed by atoms with Gasteiger partial charge in [0.2, 0.25) is 0 Å². The molecular formula is C11H16N3O2+. The summed E-state index contributed by atoms with van der Waals surface area (Å²) in [6.45, 7) is 0.742. The van der Waals surface area contributed by atoms with Gasteiger partial charge < -0.3 is 5.32 Å². The number of hydrogen-bond acceptors (Lipinski definition) is 2. The topological polar surface area (TPSA) is 58.2 Å². The van der Waals surface area contributed by atoms with Gasteiger partial charge in [-0.1, -0.05) is 0 Å². The molecule has 0 fully saturated rings. The van der Waals surface area contributed by atoms with Crippen molar-refractivity contribution in [1.29, 1.82) is 0 Å². The van der Waals surface area contributed by atoms with Crippen LogP contribution in [0.2, 0.25) is 0 Å². The third kappa shape index (κ3) is 1.87. The molecule has 0 radical (unpaired) electrons. The molecule has 2 rings (SSSR count). The molecule has 0 unspecified atom stereocenters. The fourth-order valence-corrected chi connectivity index (χ4v) is 1.98. The fraction of sp³-hybridized carbons (Fsp3) is 0.364. The number of benzene rings is 1. The van der Waals surface area contributed by atoms with E-state index in [1.807, 2.05) is 12.1 Å². The van der Waals surface area contributed by atoms with Crippen molar-refractivity contribution in [2.45, 2.75) is 6.42 Å². The highest BCUT2D eigenvalue weighted by Gasteiger charge is 2.24. The van der Waals surface area contributed by atoms with E-state index in [1.54, 1.807) is 24.5 Å². The molecule has 0 saturated carbocycles. The number of carbonyl (C=O) groups excluding carboxylic acids is 1. The molecule has 1 aromatic rings. The smallest absolute Gasteiger partial charge is 0.321 e. The lowest BCUT2D eigenvalue weighted by Crippen LogP contribution is -2.75. The van der Waals surface area contributed by atoms with Crippen molar-refractivity contribution in [3.63, 3.8) is 0 Å². The lowest BCUT2D eigenvalue weighted by Gasteiger charge is -2.16. The summed E-state index contributed by atoms with van der Waals surface area (Å²) in [5, 5.41) is 2.64. The predicted octanol–water partition coefficient (Wildman–Crippen LogP) is 0.145. The molecule has 1 aromatic carbocycles. The van der Waals surface area contributed by atoms with Gasteiger partial charge in [0.05, 0.1) is 7.11 Å². The zero-order valence-electron chi connectivity index (χ0n) is 9.49. The third-order valence-electron chi connectivity index (χ3n) is 2.71. The summed E-state index contributed by atoms with van der Waals surface area (Å²) >= 11 is 0. The van der Waals surface area contributed by atoms with Gasteiger partial charge in [-0.25, -0.2) is 9.63 Å². The van der Waals surface area contributed by atoms with Crippen molar-refractivity contribution in [3.8, 4) is 0 Å². The molecule has 0 spiro atoms. The van der Waals surface area contributed by atoms with Crippen LogP contribution in [0, 0.1) is 0 Å². The van der Waals surface area contributed by atoms with E-state index in [0.29, 0.717) is 0 Å². The highest BCUT2D eigenvalue weighted by Crippen LogP contribution is 2.29. The molecule has 0 aromatic heterocycles. The minimum absolute atomic E-state index is 0.0535. The number of urea groups is 1. The molecule has 16 heavy (non-hydrogen) atoms. The second-order valence-electron chi connectivity index (χ2n) is 3.70. The first-order valence-corrected chi connectivity index (χ1v) is 5.24. The van der Waals surface area contributed by atoms with Crippen LogP contribution in [0.15, 0.2) is 18.2 Å². The van der Waals surface area contributed by atoms with Crippen LogP contribution in [0.3, 0.4) is 0 Å². The second-order valence-corrected chi connectivity index (χ2v) is 3.70. The van der Waals surface area contributed by atoms with Gasteiger partial charge >= 0.3 is 6.03 Å². The summed E-state index contributed by atoms with van der Waals surface area (Å²) in [5.41, 5.74) is 4.91. The normalized spacial score (nSPS) is 13.8. The molecule has 5 nitrogen and oxygen atoms in total. The van der Waals surface area contributed by atoms with Gasteiger partial charge in [-0.05, 0) is 18.1 Å². The van der Waals surface area contributed by atoms with E-state index in [4.69, 9.17) is 4.84 Å². The molecule has 1 heterocycles. The Morgan fingerprint density at radius 1 is 1.56 bits per heavy atom. The van der Waals surface area contributed by atoms with E-state index in [0.717, 1.165) is 24.3 Å². The van der Waals surface area contributed by atoms with Crippen molar-refractivity contribution < 1.29 is 15.1 Å².